The molecule has 0 spiro atoms. The summed E-state index contributed by atoms with van der Waals surface area (Å²) in [6.45, 7) is 3.28. The molecular weight excluding hydrogens is 624 g/mol. The highest BCUT2D eigenvalue weighted by Gasteiger charge is 2.12. The lowest BCUT2D eigenvalue weighted by molar-refractivity contribution is 0.0273. The van der Waals surface area contributed by atoms with Crippen LogP contribution in [0.5, 0.6) is 23.0 Å². The largest absolute Gasteiger partial charge is 0.491 e. The molecule has 0 aliphatic carbocycles. The Morgan fingerprint density at radius 1 is 0.327 bits per heavy atom. The van der Waals surface area contributed by atoms with E-state index in [0.29, 0.717) is 73.8 Å². The Morgan fingerprint density at radius 2 is 0.633 bits per heavy atom. The molecule has 9 heteroatoms. The summed E-state index contributed by atoms with van der Waals surface area (Å²) < 4.78 is 40.7. The van der Waals surface area contributed by atoms with Gasteiger partial charge >= 0.3 is 0 Å². The number of benzene rings is 4. The van der Waals surface area contributed by atoms with E-state index in [4.69, 9.17) is 33.2 Å². The number of fused-ring (bicyclic) bond motifs is 4. The van der Waals surface area contributed by atoms with Crippen LogP contribution in [0.1, 0.15) is 31.8 Å². The van der Waals surface area contributed by atoms with Gasteiger partial charge < -0.3 is 33.2 Å². The third kappa shape index (κ3) is 11.2. The fraction of sp³-hybridized carbons (Fsp3) is 0.250. The van der Waals surface area contributed by atoms with Crippen molar-refractivity contribution < 1.29 is 42.7 Å². The van der Waals surface area contributed by atoms with E-state index in [1.165, 1.54) is 12.2 Å². The fourth-order valence-electron chi connectivity index (χ4n) is 4.87. The Bertz CT molecular complexity index is 1590. The molecule has 0 bridgehead atoms. The molecule has 9 nitrogen and oxygen atoms in total. The van der Waals surface area contributed by atoms with Gasteiger partial charge in [-0.3, -0.25) is 9.59 Å². The average molecular weight is 665 g/mol. The Balaban J connectivity index is 1.24. The van der Waals surface area contributed by atoms with Crippen LogP contribution in [0.25, 0.3) is 12.2 Å². The van der Waals surface area contributed by atoms with Gasteiger partial charge in [-0.25, -0.2) is 0 Å². The van der Waals surface area contributed by atoms with E-state index in [0.717, 1.165) is 11.1 Å². The molecule has 49 heavy (non-hydrogen) atoms. The van der Waals surface area contributed by atoms with Crippen molar-refractivity contribution in [1.29, 1.82) is 0 Å². The van der Waals surface area contributed by atoms with E-state index in [9.17, 15) is 9.59 Å². The minimum absolute atomic E-state index is 0.198. The average Bonchev–Trinajstić information content (AvgIpc) is 3.14. The number of hydrogen-bond donors (Lipinski definition) is 0. The number of hydrogen-bond acceptors (Lipinski definition) is 9. The van der Waals surface area contributed by atoms with Crippen LogP contribution in [-0.4, -0.2) is 77.6 Å². The van der Waals surface area contributed by atoms with E-state index in [-0.39, 0.29) is 38.0 Å². The lowest BCUT2D eigenvalue weighted by Crippen LogP contribution is -2.13. The summed E-state index contributed by atoms with van der Waals surface area (Å²) in [5.74, 6) is 1.83. The van der Waals surface area contributed by atoms with Gasteiger partial charge in [0, 0.05) is 11.1 Å². The predicted octanol–water partition coefficient (Wildman–Crippen LogP) is 6.76. The topological polar surface area (TPSA) is 98.8 Å². The second-order valence-electron chi connectivity index (χ2n) is 10.7. The number of para-hydroxylation sites is 4. The zero-order valence-electron chi connectivity index (χ0n) is 27.3. The maximum absolute atomic E-state index is 13.1. The summed E-state index contributed by atoms with van der Waals surface area (Å²) in [5.41, 5.74) is 2.42. The van der Waals surface area contributed by atoms with Gasteiger partial charge in [-0.1, -0.05) is 60.7 Å². The van der Waals surface area contributed by atoms with Crippen molar-refractivity contribution >= 4 is 23.7 Å². The Labute approximate surface area is 286 Å². The third-order valence-electron chi connectivity index (χ3n) is 7.28. The standard InChI is InChI=1S/C40H40O9/c41-35-19-17-31-9-1-5-13-37(31)46-27-23-43-21-22-44-24-28-47-38-14-6-2-10-32(38)18-20-36(42)34-12-4-8-16-40(34)49-30-26-45-25-29-48-39-15-7-3-11-33(35)39/h1-20H,21-30H2/b19-17+,20-18+. The second-order valence-corrected chi connectivity index (χ2v) is 10.7. The molecule has 0 saturated heterocycles. The molecule has 0 saturated carbocycles. The molecule has 254 valence electrons. The van der Waals surface area contributed by atoms with Gasteiger partial charge in [0.15, 0.2) is 11.6 Å². The molecule has 0 atom stereocenters. The molecule has 0 N–H and O–H groups in total. The van der Waals surface area contributed by atoms with Crippen LogP contribution in [0.15, 0.2) is 109 Å². The molecule has 0 unspecified atom stereocenters. The fourth-order valence-corrected chi connectivity index (χ4v) is 4.87. The summed E-state index contributed by atoms with van der Waals surface area (Å²) in [6, 6.07) is 29.2. The molecule has 0 aromatic heterocycles. The SMILES string of the molecule is O=C1/C=C/c2ccccc2OCCOCCOCCOc2ccccc2/C=C/C(=O)c2ccccc2OCCOCCOc2ccccc21. The van der Waals surface area contributed by atoms with E-state index in [2.05, 4.69) is 0 Å². The van der Waals surface area contributed by atoms with Crippen LogP contribution in [0.2, 0.25) is 0 Å². The van der Waals surface area contributed by atoms with Crippen LogP contribution in [-0.2, 0) is 14.2 Å². The summed E-state index contributed by atoms with van der Waals surface area (Å²) >= 11 is 0. The predicted molar refractivity (Wildman–Crippen MR) is 187 cm³/mol. The maximum atomic E-state index is 13.1. The molecule has 1 aliphatic rings. The van der Waals surface area contributed by atoms with Gasteiger partial charge in [-0.05, 0) is 60.7 Å². The summed E-state index contributed by atoms with van der Waals surface area (Å²) in [7, 11) is 0. The van der Waals surface area contributed by atoms with Crippen molar-refractivity contribution in [2.75, 3.05) is 66.1 Å². The molecule has 0 fully saturated rings. The number of ketones is 2. The first-order chi connectivity index (χ1) is 24.2. The minimum Gasteiger partial charge on any atom is -0.491 e. The Morgan fingerprint density at radius 3 is 1.04 bits per heavy atom. The van der Waals surface area contributed by atoms with E-state index < -0.39 is 0 Å². The Hall–Kier alpha value is -5.22. The normalized spacial score (nSPS) is 17.4. The van der Waals surface area contributed by atoms with Gasteiger partial charge in [0.05, 0.1) is 50.8 Å². The van der Waals surface area contributed by atoms with E-state index in [1.54, 1.807) is 48.6 Å². The van der Waals surface area contributed by atoms with Crippen LogP contribution in [0.4, 0.5) is 0 Å². The van der Waals surface area contributed by atoms with Crippen molar-refractivity contribution in [1.82, 2.24) is 0 Å². The minimum atomic E-state index is -0.198. The first-order valence-corrected chi connectivity index (χ1v) is 16.2. The van der Waals surface area contributed by atoms with E-state index in [1.807, 2.05) is 60.7 Å². The van der Waals surface area contributed by atoms with Crippen LogP contribution >= 0.6 is 0 Å². The third-order valence-corrected chi connectivity index (χ3v) is 7.28. The highest BCUT2D eigenvalue weighted by atomic mass is 16.6. The Kier molecular flexibility index (Phi) is 14.0. The summed E-state index contributed by atoms with van der Waals surface area (Å²) in [4.78, 5) is 26.3. The highest BCUT2D eigenvalue weighted by molar-refractivity contribution is 6.09. The van der Waals surface area contributed by atoms with Gasteiger partial charge in [-0.15, -0.1) is 0 Å². The lowest BCUT2D eigenvalue weighted by Gasteiger charge is -2.12. The van der Waals surface area contributed by atoms with Crippen LogP contribution in [0.3, 0.4) is 0 Å². The number of allylic oxidation sites excluding steroid dienone is 2. The molecule has 1 aliphatic heterocycles. The zero-order chi connectivity index (χ0) is 33.9. The molecule has 1 heterocycles. The summed E-state index contributed by atoms with van der Waals surface area (Å²) in [6.07, 6.45) is 6.48. The van der Waals surface area contributed by atoms with Crippen molar-refractivity contribution in [3.8, 4) is 23.0 Å². The zero-order valence-corrected chi connectivity index (χ0v) is 27.3. The number of carbonyl (C=O) groups excluding carboxylic acids is 2. The second kappa shape index (κ2) is 19.6. The quantitative estimate of drug-likeness (QED) is 0.202. The molecular formula is C40H40O9. The van der Waals surface area contributed by atoms with Crippen molar-refractivity contribution in [2.24, 2.45) is 0 Å². The van der Waals surface area contributed by atoms with Gasteiger partial charge in [0.2, 0.25) is 0 Å². The molecule has 4 aromatic carbocycles. The highest BCUT2D eigenvalue weighted by Crippen LogP contribution is 2.24. The lowest BCUT2D eigenvalue weighted by atomic mass is 10.1. The van der Waals surface area contributed by atoms with Crippen LogP contribution in [0, 0.1) is 0 Å². The van der Waals surface area contributed by atoms with Crippen molar-refractivity contribution in [3.63, 3.8) is 0 Å². The first-order valence-electron chi connectivity index (χ1n) is 16.2. The van der Waals surface area contributed by atoms with E-state index >= 15 is 0 Å². The smallest absolute Gasteiger partial charge is 0.189 e. The molecule has 4 aromatic rings. The number of carbonyl (C=O) groups is 2. The monoisotopic (exact) mass is 664 g/mol. The van der Waals surface area contributed by atoms with Crippen molar-refractivity contribution in [2.45, 2.75) is 0 Å². The van der Waals surface area contributed by atoms with Gasteiger partial charge in [0.25, 0.3) is 0 Å². The molecule has 0 amide bonds. The van der Waals surface area contributed by atoms with Crippen LogP contribution < -0.4 is 18.9 Å². The van der Waals surface area contributed by atoms with Gasteiger partial charge in [-0.2, -0.15) is 0 Å². The number of ether oxygens (including phenoxy) is 7. The molecule has 5 rings (SSSR count). The summed E-state index contributed by atoms with van der Waals surface area (Å²) in [5, 5.41) is 0. The number of rotatable bonds is 0. The first kappa shape index (κ1) is 35.1. The molecule has 0 radical (unpaired) electrons. The van der Waals surface area contributed by atoms with Gasteiger partial charge in [0.1, 0.15) is 49.4 Å². The van der Waals surface area contributed by atoms with Crippen molar-refractivity contribution in [3.05, 3.63) is 131 Å². The maximum Gasteiger partial charge on any atom is 0.189 e.